The van der Waals surface area contributed by atoms with Crippen molar-refractivity contribution < 1.29 is 14.3 Å². The molecule has 0 aliphatic rings. The molecule has 0 atom stereocenters. The Labute approximate surface area is 121 Å². The number of fused-ring (bicyclic) bond motifs is 3. The van der Waals surface area contributed by atoms with Crippen LogP contribution >= 0.6 is 0 Å². The van der Waals surface area contributed by atoms with Gasteiger partial charge in [-0.2, -0.15) is 0 Å². The Morgan fingerprint density at radius 3 is 2.67 bits per heavy atom. The molecule has 0 saturated carbocycles. The zero-order chi connectivity index (χ0) is 15.0. The van der Waals surface area contributed by atoms with E-state index in [0.717, 1.165) is 16.4 Å². The van der Waals surface area contributed by atoms with Gasteiger partial charge in [0.2, 0.25) is 0 Å². The van der Waals surface area contributed by atoms with Crippen molar-refractivity contribution in [1.29, 1.82) is 0 Å². The van der Waals surface area contributed by atoms with Crippen LogP contribution in [0.1, 0.15) is 20.7 Å². The molecular weight excluding hydrogens is 268 g/mol. The van der Waals surface area contributed by atoms with E-state index in [2.05, 4.69) is 5.32 Å². The quantitative estimate of drug-likeness (QED) is 0.733. The highest BCUT2D eigenvalue weighted by molar-refractivity contribution is 6.12. The summed E-state index contributed by atoms with van der Waals surface area (Å²) >= 11 is 0. The van der Waals surface area contributed by atoms with Crippen molar-refractivity contribution in [2.24, 2.45) is 0 Å². The van der Waals surface area contributed by atoms with Crippen LogP contribution in [0.3, 0.4) is 0 Å². The van der Waals surface area contributed by atoms with E-state index in [1.54, 1.807) is 25.2 Å². The molecule has 5 heteroatoms. The van der Waals surface area contributed by atoms with Crippen molar-refractivity contribution in [2.75, 3.05) is 14.2 Å². The summed E-state index contributed by atoms with van der Waals surface area (Å²) in [5.41, 5.74) is 2.61. The van der Waals surface area contributed by atoms with E-state index in [4.69, 9.17) is 4.74 Å². The molecule has 1 N–H and O–H groups in total. The van der Waals surface area contributed by atoms with Crippen LogP contribution in [0, 0.1) is 0 Å². The van der Waals surface area contributed by atoms with Gasteiger partial charge in [0.05, 0.1) is 23.7 Å². The normalized spacial score (nSPS) is 10.8. The molecule has 3 rings (SSSR count). The fraction of sp³-hybridized carbons (Fsp3) is 0.125. The van der Waals surface area contributed by atoms with Crippen LogP contribution in [0.25, 0.3) is 16.4 Å². The van der Waals surface area contributed by atoms with Crippen LogP contribution in [-0.2, 0) is 4.74 Å². The van der Waals surface area contributed by atoms with Crippen LogP contribution in [0.4, 0.5) is 0 Å². The van der Waals surface area contributed by atoms with Crippen molar-refractivity contribution >= 4 is 28.3 Å². The van der Waals surface area contributed by atoms with Crippen molar-refractivity contribution in [3.05, 3.63) is 53.7 Å². The van der Waals surface area contributed by atoms with Crippen LogP contribution in [0.5, 0.6) is 0 Å². The van der Waals surface area contributed by atoms with Crippen LogP contribution in [0.2, 0.25) is 0 Å². The maximum Gasteiger partial charge on any atom is 0.340 e. The van der Waals surface area contributed by atoms with Crippen molar-refractivity contribution in [3.63, 3.8) is 0 Å². The van der Waals surface area contributed by atoms with Gasteiger partial charge < -0.3 is 14.5 Å². The number of nitrogens with zero attached hydrogens (tertiary/aromatic N) is 1. The average Bonchev–Trinajstić information content (AvgIpc) is 2.87. The lowest BCUT2D eigenvalue weighted by molar-refractivity contribution is 0.0605. The van der Waals surface area contributed by atoms with Gasteiger partial charge in [-0.05, 0) is 24.3 Å². The standard InChI is InChI=1S/C16H14N2O3/c1-17-15(19)10-6-7-11-13(9-10)18-8-4-3-5-12(18)14(11)16(20)21-2/h3-9H,1-2H3,(H,17,19). The van der Waals surface area contributed by atoms with Gasteiger partial charge in [0.25, 0.3) is 5.91 Å². The molecule has 2 aromatic heterocycles. The lowest BCUT2D eigenvalue weighted by Crippen LogP contribution is -2.17. The fourth-order valence-corrected chi connectivity index (χ4v) is 2.54. The summed E-state index contributed by atoms with van der Waals surface area (Å²) in [5, 5.41) is 3.36. The maximum atomic E-state index is 12.1. The Morgan fingerprint density at radius 1 is 1.14 bits per heavy atom. The number of benzene rings is 1. The largest absolute Gasteiger partial charge is 0.465 e. The summed E-state index contributed by atoms with van der Waals surface area (Å²) in [5.74, 6) is -0.552. The first kappa shape index (κ1) is 13.2. The predicted molar refractivity (Wildman–Crippen MR) is 79.6 cm³/mol. The van der Waals surface area contributed by atoms with Gasteiger partial charge in [-0.1, -0.05) is 12.1 Å². The maximum absolute atomic E-state index is 12.1. The second kappa shape index (κ2) is 4.94. The number of aromatic nitrogens is 1. The van der Waals surface area contributed by atoms with Gasteiger partial charge in [0.1, 0.15) is 0 Å². The zero-order valence-electron chi connectivity index (χ0n) is 11.7. The number of ether oxygens (including phenoxy) is 1. The molecule has 0 unspecified atom stereocenters. The first-order valence-corrected chi connectivity index (χ1v) is 6.50. The SMILES string of the molecule is CNC(=O)c1ccc2c(C(=O)OC)c3ccccn3c2c1. The number of methoxy groups -OCH3 is 1. The first-order valence-electron chi connectivity index (χ1n) is 6.50. The number of nitrogens with one attached hydrogen (secondary N) is 1. The molecule has 0 aliphatic heterocycles. The molecule has 21 heavy (non-hydrogen) atoms. The number of rotatable bonds is 2. The monoisotopic (exact) mass is 282 g/mol. The van der Waals surface area contributed by atoms with Crippen LogP contribution in [-0.4, -0.2) is 30.4 Å². The smallest absolute Gasteiger partial charge is 0.340 e. The summed E-state index contributed by atoms with van der Waals surface area (Å²) in [6.45, 7) is 0. The topological polar surface area (TPSA) is 59.8 Å². The van der Waals surface area contributed by atoms with Gasteiger partial charge in [-0.25, -0.2) is 4.79 Å². The number of hydrogen-bond donors (Lipinski definition) is 1. The first-order chi connectivity index (χ1) is 10.2. The molecule has 1 amide bonds. The van der Waals surface area contributed by atoms with Gasteiger partial charge >= 0.3 is 5.97 Å². The highest BCUT2D eigenvalue weighted by Crippen LogP contribution is 2.28. The Morgan fingerprint density at radius 2 is 1.95 bits per heavy atom. The lowest BCUT2D eigenvalue weighted by atomic mass is 10.1. The van der Waals surface area contributed by atoms with E-state index < -0.39 is 0 Å². The Hall–Kier alpha value is -2.82. The molecule has 0 spiro atoms. The summed E-state index contributed by atoms with van der Waals surface area (Å²) in [4.78, 5) is 23.8. The highest BCUT2D eigenvalue weighted by Gasteiger charge is 2.19. The lowest BCUT2D eigenvalue weighted by Gasteiger charge is -2.01. The summed E-state index contributed by atoms with van der Waals surface area (Å²) < 4.78 is 6.76. The predicted octanol–water partition coefficient (Wildman–Crippen LogP) is 2.24. The Balaban J connectivity index is 2.40. The van der Waals surface area contributed by atoms with Crippen molar-refractivity contribution in [3.8, 4) is 0 Å². The summed E-state index contributed by atoms with van der Waals surface area (Å²) in [6, 6.07) is 10.8. The van der Waals surface area contributed by atoms with E-state index in [1.807, 2.05) is 28.8 Å². The highest BCUT2D eigenvalue weighted by atomic mass is 16.5. The average molecular weight is 282 g/mol. The fourth-order valence-electron chi connectivity index (χ4n) is 2.54. The van der Waals surface area contributed by atoms with E-state index in [1.165, 1.54) is 7.11 Å². The van der Waals surface area contributed by atoms with Crippen molar-refractivity contribution in [1.82, 2.24) is 9.72 Å². The third-order valence-electron chi connectivity index (χ3n) is 3.52. The third kappa shape index (κ3) is 1.94. The Bertz CT molecular complexity index is 864. The number of esters is 1. The minimum atomic E-state index is -0.388. The van der Waals surface area contributed by atoms with Gasteiger partial charge in [0.15, 0.2) is 0 Å². The molecule has 0 aliphatic carbocycles. The molecule has 0 fully saturated rings. The summed E-state index contributed by atoms with van der Waals surface area (Å²) in [7, 11) is 2.95. The molecule has 2 heterocycles. The van der Waals surface area contributed by atoms with Crippen LogP contribution < -0.4 is 5.32 Å². The molecule has 0 radical (unpaired) electrons. The molecule has 106 valence electrons. The van der Waals surface area contributed by atoms with Gasteiger partial charge in [-0.3, -0.25) is 4.79 Å². The van der Waals surface area contributed by atoms with Crippen LogP contribution in [0.15, 0.2) is 42.6 Å². The number of carbonyl (C=O) groups excluding carboxylic acids is 2. The van der Waals surface area contributed by atoms with E-state index >= 15 is 0 Å². The van der Waals surface area contributed by atoms with E-state index in [-0.39, 0.29) is 11.9 Å². The van der Waals surface area contributed by atoms with Crippen molar-refractivity contribution in [2.45, 2.75) is 0 Å². The molecule has 0 bridgehead atoms. The minimum absolute atomic E-state index is 0.164. The number of amides is 1. The molecule has 0 saturated heterocycles. The van der Waals surface area contributed by atoms with E-state index in [9.17, 15) is 9.59 Å². The molecular formula is C16H14N2O3. The van der Waals surface area contributed by atoms with Gasteiger partial charge in [0, 0.05) is 24.2 Å². The summed E-state index contributed by atoms with van der Waals surface area (Å²) in [6.07, 6.45) is 1.86. The molecule has 5 nitrogen and oxygen atoms in total. The Kier molecular flexibility index (Phi) is 3.10. The van der Waals surface area contributed by atoms with Gasteiger partial charge in [-0.15, -0.1) is 0 Å². The second-order valence-corrected chi connectivity index (χ2v) is 4.63. The molecule has 1 aromatic carbocycles. The third-order valence-corrected chi connectivity index (χ3v) is 3.52. The number of carbonyl (C=O) groups is 2. The van der Waals surface area contributed by atoms with E-state index in [0.29, 0.717) is 11.1 Å². The number of hydrogen-bond acceptors (Lipinski definition) is 3. The second-order valence-electron chi connectivity index (χ2n) is 4.63. The number of pyridine rings is 1. The zero-order valence-corrected chi connectivity index (χ0v) is 11.7. The molecule has 3 aromatic rings. The minimum Gasteiger partial charge on any atom is -0.465 e.